The minimum atomic E-state index is 0.935. The van der Waals surface area contributed by atoms with E-state index in [9.17, 15) is 0 Å². The summed E-state index contributed by atoms with van der Waals surface area (Å²) in [5, 5.41) is 5.27. The predicted molar refractivity (Wildman–Crippen MR) is 231 cm³/mol. The maximum absolute atomic E-state index is 5.01. The van der Waals surface area contributed by atoms with Gasteiger partial charge in [0.15, 0.2) is 0 Å². The van der Waals surface area contributed by atoms with Crippen LogP contribution in [0.2, 0.25) is 0 Å². The van der Waals surface area contributed by atoms with E-state index in [1.807, 2.05) is 12.4 Å². The summed E-state index contributed by atoms with van der Waals surface area (Å²) >= 11 is 0. The zero-order chi connectivity index (χ0) is 37.0. The van der Waals surface area contributed by atoms with Gasteiger partial charge in [0.05, 0.1) is 22.1 Å². The second-order valence-electron chi connectivity index (χ2n) is 15.3. The van der Waals surface area contributed by atoms with Crippen molar-refractivity contribution in [2.24, 2.45) is 0 Å². The van der Waals surface area contributed by atoms with Gasteiger partial charge in [-0.2, -0.15) is 0 Å². The third-order valence-electron chi connectivity index (χ3n) is 11.3. The van der Waals surface area contributed by atoms with Crippen LogP contribution < -0.4 is 0 Å². The second-order valence-corrected chi connectivity index (χ2v) is 15.3. The van der Waals surface area contributed by atoms with E-state index in [1.165, 1.54) is 117 Å². The number of rotatable bonds is 15. The summed E-state index contributed by atoms with van der Waals surface area (Å²) in [6.45, 7) is 9.08. The molecule has 54 heavy (non-hydrogen) atoms. The number of nitrogens with zero attached hydrogens (tertiary/aromatic N) is 4. The first kappa shape index (κ1) is 35.8. The first-order valence-electron chi connectivity index (χ1n) is 20.6. The quantitative estimate of drug-likeness (QED) is 0.106. The minimum Gasteiger partial charge on any atom is -0.294 e. The van der Waals surface area contributed by atoms with Crippen LogP contribution in [0.15, 0.2) is 109 Å². The van der Waals surface area contributed by atoms with Gasteiger partial charge in [0.1, 0.15) is 11.6 Å². The van der Waals surface area contributed by atoms with E-state index in [2.05, 4.69) is 134 Å². The van der Waals surface area contributed by atoms with E-state index < -0.39 is 0 Å². The second kappa shape index (κ2) is 16.0. The predicted octanol–water partition coefficient (Wildman–Crippen LogP) is 13.7. The number of hydrogen-bond donors (Lipinski definition) is 0. The Morgan fingerprint density at radius 2 is 0.667 bits per heavy atom. The number of hydrogen-bond acceptors (Lipinski definition) is 2. The largest absolute Gasteiger partial charge is 0.294 e. The summed E-state index contributed by atoms with van der Waals surface area (Å²) in [4.78, 5) is 10.0. The molecule has 0 amide bonds. The van der Waals surface area contributed by atoms with Gasteiger partial charge in [-0.3, -0.25) is 9.13 Å². The maximum Gasteiger partial charge on any atom is 0.138 e. The lowest BCUT2D eigenvalue weighted by Crippen LogP contribution is -1.99. The van der Waals surface area contributed by atoms with Crippen LogP contribution in [0.5, 0.6) is 0 Å². The van der Waals surface area contributed by atoms with Gasteiger partial charge in [0.2, 0.25) is 0 Å². The van der Waals surface area contributed by atoms with Crippen LogP contribution in [0.1, 0.15) is 101 Å². The van der Waals surface area contributed by atoms with Gasteiger partial charge in [-0.25, -0.2) is 9.97 Å². The molecule has 274 valence electrons. The van der Waals surface area contributed by atoms with Crippen molar-refractivity contribution >= 4 is 43.6 Å². The van der Waals surface area contributed by atoms with Gasteiger partial charge in [-0.05, 0) is 158 Å². The topological polar surface area (TPSA) is 35.6 Å². The smallest absolute Gasteiger partial charge is 0.138 e. The molecule has 0 N–H and O–H groups in total. The summed E-state index contributed by atoms with van der Waals surface area (Å²) < 4.78 is 4.73. The molecule has 0 bridgehead atoms. The SMILES string of the molecule is CCCCc1ccc2c(c1)c1cc(CCCC)ccc1n2-c1cc(-c2ccnc(-n3c4ccc(CCCC)cc4c4cc(CCCC)ccc43)c2)ccn1. The normalized spacial score (nSPS) is 11.9. The van der Waals surface area contributed by atoms with Crippen molar-refractivity contribution < 1.29 is 0 Å². The molecule has 0 aliphatic rings. The van der Waals surface area contributed by atoms with Crippen molar-refractivity contribution in [3.63, 3.8) is 0 Å². The molecule has 4 nitrogen and oxygen atoms in total. The highest BCUT2D eigenvalue weighted by molar-refractivity contribution is 6.10. The average Bonchev–Trinajstić information content (AvgIpc) is 3.72. The van der Waals surface area contributed by atoms with Gasteiger partial charge in [-0.1, -0.05) is 77.6 Å². The average molecular weight is 711 g/mol. The molecule has 4 heteroatoms. The van der Waals surface area contributed by atoms with Crippen molar-refractivity contribution in [2.45, 2.75) is 105 Å². The highest BCUT2D eigenvalue weighted by Crippen LogP contribution is 2.37. The third kappa shape index (κ3) is 6.95. The number of pyridine rings is 2. The Kier molecular flexibility index (Phi) is 10.6. The summed E-state index contributed by atoms with van der Waals surface area (Å²) in [6.07, 6.45) is 18.0. The molecular formula is C50H54N4. The highest BCUT2D eigenvalue weighted by Gasteiger charge is 2.18. The zero-order valence-corrected chi connectivity index (χ0v) is 32.7. The van der Waals surface area contributed by atoms with E-state index in [0.717, 1.165) is 48.4 Å². The zero-order valence-electron chi connectivity index (χ0n) is 32.7. The molecular weight excluding hydrogens is 657 g/mol. The number of fused-ring (bicyclic) bond motifs is 6. The Morgan fingerprint density at radius 1 is 0.370 bits per heavy atom. The number of benzene rings is 4. The molecule has 0 unspecified atom stereocenters. The lowest BCUT2D eigenvalue weighted by molar-refractivity contribution is 0.795. The Labute approximate surface area is 320 Å². The van der Waals surface area contributed by atoms with Gasteiger partial charge < -0.3 is 0 Å². The number of aryl methyl sites for hydroxylation is 4. The van der Waals surface area contributed by atoms with Crippen molar-refractivity contribution in [1.29, 1.82) is 0 Å². The minimum absolute atomic E-state index is 0.935. The van der Waals surface area contributed by atoms with Crippen LogP contribution in [0.3, 0.4) is 0 Å². The first-order chi connectivity index (χ1) is 26.6. The molecule has 0 atom stereocenters. The van der Waals surface area contributed by atoms with Crippen LogP contribution in [0, 0.1) is 0 Å². The van der Waals surface area contributed by atoms with Crippen molar-refractivity contribution in [3.8, 4) is 22.8 Å². The molecule has 0 aliphatic heterocycles. The molecule has 0 saturated carbocycles. The first-order valence-corrected chi connectivity index (χ1v) is 20.6. The Balaban J connectivity index is 1.24. The van der Waals surface area contributed by atoms with Crippen LogP contribution in [-0.2, 0) is 25.7 Å². The van der Waals surface area contributed by atoms with Crippen molar-refractivity contribution in [2.75, 3.05) is 0 Å². The molecule has 8 rings (SSSR count). The fourth-order valence-corrected chi connectivity index (χ4v) is 8.31. The van der Waals surface area contributed by atoms with E-state index in [4.69, 9.17) is 9.97 Å². The summed E-state index contributed by atoms with van der Waals surface area (Å²) in [5.41, 5.74) is 12.7. The van der Waals surface area contributed by atoms with Crippen LogP contribution in [0.25, 0.3) is 66.4 Å². The Hall–Kier alpha value is -5.22. The summed E-state index contributed by atoms with van der Waals surface area (Å²) in [7, 11) is 0. The summed E-state index contributed by atoms with van der Waals surface area (Å²) in [6, 6.07) is 37.0. The highest BCUT2D eigenvalue weighted by atomic mass is 15.1. The number of unbranched alkanes of at least 4 members (excludes halogenated alkanes) is 4. The Bertz CT molecular complexity index is 2260. The van der Waals surface area contributed by atoms with Crippen LogP contribution in [0.4, 0.5) is 0 Å². The van der Waals surface area contributed by atoms with Crippen molar-refractivity contribution in [3.05, 3.63) is 132 Å². The van der Waals surface area contributed by atoms with E-state index >= 15 is 0 Å². The van der Waals surface area contributed by atoms with E-state index in [0.29, 0.717) is 0 Å². The standard InChI is InChI=1S/C50H54N4/c1-5-9-13-35-17-21-45-41(29-35)42-30-36(14-10-6-2)18-22-46(42)53(45)49-33-39(25-27-51-49)40-26-28-52-50(34-40)54-47-23-19-37(15-11-7-3)31-43(47)44-32-38(16-12-8-4)20-24-48(44)54/h17-34H,5-16H2,1-4H3. The summed E-state index contributed by atoms with van der Waals surface area (Å²) in [5.74, 6) is 1.87. The lowest BCUT2D eigenvalue weighted by Gasteiger charge is -2.12. The molecule has 0 aliphatic carbocycles. The van der Waals surface area contributed by atoms with Gasteiger partial charge in [-0.15, -0.1) is 0 Å². The maximum atomic E-state index is 5.01. The fraction of sp³-hybridized carbons (Fsp3) is 0.320. The molecule has 4 aromatic carbocycles. The monoisotopic (exact) mass is 710 g/mol. The molecule has 0 radical (unpaired) electrons. The fourth-order valence-electron chi connectivity index (χ4n) is 8.31. The lowest BCUT2D eigenvalue weighted by atomic mass is 10.0. The molecule has 4 heterocycles. The van der Waals surface area contributed by atoms with Gasteiger partial charge >= 0.3 is 0 Å². The Morgan fingerprint density at radius 3 is 0.944 bits per heavy atom. The number of aromatic nitrogens is 4. The van der Waals surface area contributed by atoms with E-state index in [1.54, 1.807) is 0 Å². The molecule has 0 saturated heterocycles. The molecule has 0 spiro atoms. The van der Waals surface area contributed by atoms with E-state index in [-0.39, 0.29) is 0 Å². The van der Waals surface area contributed by atoms with Gasteiger partial charge in [0, 0.05) is 33.9 Å². The third-order valence-corrected chi connectivity index (χ3v) is 11.3. The molecule has 8 aromatic rings. The van der Waals surface area contributed by atoms with Crippen molar-refractivity contribution in [1.82, 2.24) is 19.1 Å². The van der Waals surface area contributed by atoms with Gasteiger partial charge in [0.25, 0.3) is 0 Å². The van der Waals surface area contributed by atoms with Crippen LogP contribution >= 0.6 is 0 Å². The molecule has 0 fully saturated rings. The van der Waals surface area contributed by atoms with Crippen LogP contribution in [-0.4, -0.2) is 19.1 Å². The molecule has 4 aromatic heterocycles.